The van der Waals surface area contributed by atoms with Crippen LogP contribution >= 0.6 is 0 Å². The van der Waals surface area contributed by atoms with E-state index in [2.05, 4.69) is 30.4 Å². The molecule has 4 N–H and O–H groups in total. The van der Waals surface area contributed by atoms with E-state index in [1.165, 1.54) is 7.11 Å². The summed E-state index contributed by atoms with van der Waals surface area (Å²) < 4.78 is 4.60. The van der Waals surface area contributed by atoms with Crippen LogP contribution < -0.4 is 21.5 Å². The van der Waals surface area contributed by atoms with E-state index in [-0.39, 0.29) is 11.9 Å². The van der Waals surface area contributed by atoms with Gasteiger partial charge in [-0.1, -0.05) is 0 Å². The number of nitrogens with two attached hydrogens (primary N) is 1. The minimum atomic E-state index is -0.571. The number of nitrogens with zero attached hydrogens (tertiary/aromatic N) is 4. The smallest absolute Gasteiger partial charge is 0.328 e. The summed E-state index contributed by atoms with van der Waals surface area (Å²) in [5.41, 5.74) is 2.33. The van der Waals surface area contributed by atoms with E-state index in [0.717, 1.165) is 0 Å². The molecule has 0 spiro atoms. The van der Waals surface area contributed by atoms with Crippen molar-refractivity contribution in [1.29, 1.82) is 0 Å². The fraction of sp³-hybridized carbons (Fsp3) is 0.556. The van der Waals surface area contributed by atoms with E-state index in [0.29, 0.717) is 5.95 Å². The summed E-state index contributed by atoms with van der Waals surface area (Å²) in [6.07, 6.45) is 0. The number of hydrogen-bond acceptors (Lipinski definition) is 9. The normalized spacial score (nSPS) is 11.6. The van der Waals surface area contributed by atoms with Crippen molar-refractivity contribution in [3.63, 3.8) is 0 Å². The molecule has 0 radical (unpaired) electrons. The fourth-order valence-electron chi connectivity index (χ4n) is 1.12. The number of hydrazine groups is 1. The van der Waals surface area contributed by atoms with Gasteiger partial charge in [-0.15, -0.1) is 0 Å². The first-order valence-corrected chi connectivity index (χ1v) is 5.22. The van der Waals surface area contributed by atoms with Crippen molar-refractivity contribution in [2.75, 3.05) is 36.8 Å². The molecule has 1 aromatic heterocycles. The SMILES string of the molecule is COC(=O)C(C)Nc1nc(NN)nc(N(C)C)n1. The summed E-state index contributed by atoms with van der Waals surface area (Å²) in [6.45, 7) is 1.64. The highest BCUT2D eigenvalue weighted by Crippen LogP contribution is 2.11. The Morgan fingerprint density at radius 2 is 1.94 bits per heavy atom. The van der Waals surface area contributed by atoms with Gasteiger partial charge in [0.05, 0.1) is 7.11 Å². The van der Waals surface area contributed by atoms with Crippen molar-refractivity contribution < 1.29 is 9.53 Å². The van der Waals surface area contributed by atoms with E-state index in [1.807, 2.05) is 0 Å². The molecule has 0 bridgehead atoms. The Morgan fingerprint density at radius 1 is 1.33 bits per heavy atom. The second-order valence-electron chi connectivity index (χ2n) is 3.71. The Bertz CT molecular complexity index is 423. The predicted octanol–water partition coefficient (Wildman–Crippen LogP) is -0.803. The van der Waals surface area contributed by atoms with Gasteiger partial charge in [-0.25, -0.2) is 10.6 Å². The fourth-order valence-corrected chi connectivity index (χ4v) is 1.12. The minimum Gasteiger partial charge on any atom is -0.467 e. The van der Waals surface area contributed by atoms with Crippen molar-refractivity contribution in [3.05, 3.63) is 0 Å². The van der Waals surface area contributed by atoms with Gasteiger partial charge >= 0.3 is 5.97 Å². The molecule has 1 aromatic rings. The Morgan fingerprint density at radius 3 is 2.44 bits per heavy atom. The van der Waals surface area contributed by atoms with Crippen LogP contribution in [-0.4, -0.2) is 48.2 Å². The number of anilines is 3. The lowest BCUT2D eigenvalue weighted by Gasteiger charge is -2.15. The van der Waals surface area contributed by atoms with Crippen molar-refractivity contribution in [3.8, 4) is 0 Å². The quantitative estimate of drug-likeness (QED) is 0.353. The zero-order valence-corrected chi connectivity index (χ0v) is 10.8. The van der Waals surface area contributed by atoms with E-state index in [9.17, 15) is 4.79 Å². The summed E-state index contributed by atoms with van der Waals surface area (Å²) in [4.78, 5) is 25.1. The average molecular weight is 255 g/mol. The minimum absolute atomic E-state index is 0.202. The molecule has 1 rings (SSSR count). The molecule has 0 saturated carbocycles. The number of carbonyl (C=O) groups is 1. The molecule has 0 amide bonds. The van der Waals surface area contributed by atoms with Crippen LogP contribution in [0.4, 0.5) is 17.8 Å². The molecule has 9 nitrogen and oxygen atoms in total. The van der Waals surface area contributed by atoms with Gasteiger partial charge in [-0.05, 0) is 6.92 Å². The first-order valence-electron chi connectivity index (χ1n) is 5.22. The van der Waals surface area contributed by atoms with Gasteiger partial charge in [0, 0.05) is 14.1 Å². The second kappa shape index (κ2) is 5.96. The molecule has 0 fully saturated rings. The molecule has 0 aliphatic rings. The lowest BCUT2D eigenvalue weighted by molar-refractivity contribution is -0.141. The Labute approximate surface area is 105 Å². The van der Waals surface area contributed by atoms with Gasteiger partial charge in [0.1, 0.15) is 6.04 Å². The van der Waals surface area contributed by atoms with Crippen molar-refractivity contribution in [1.82, 2.24) is 15.0 Å². The first-order chi connectivity index (χ1) is 8.47. The summed E-state index contributed by atoms with van der Waals surface area (Å²) >= 11 is 0. The van der Waals surface area contributed by atoms with E-state index in [1.54, 1.807) is 25.9 Å². The molecular weight excluding hydrogens is 238 g/mol. The van der Waals surface area contributed by atoms with E-state index >= 15 is 0 Å². The van der Waals surface area contributed by atoms with E-state index in [4.69, 9.17) is 5.84 Å². The molecule has 0 saturated heterocycles. The Balaban J connectivity index is 2.94. The van der Waals surface area contributed by atoms with Gasteiger partial charge in [0.2, 0.25) is 17.8 Å². The predicted molar refractivity (Wildman–Crippen MR) is 67.1 cm³/mol. The summed E-state index contributed by atoms with van der Waals surface area (Å²) in [5, 5.41) is 2.80. The van der Waals surface area contributed by atoms with Gasteiger partial charge in [-0.2, -0.15) is 15.0 Å². The molecule has 18 heavy (non-hydrogen) atoms. The lowest BCUT2D eigenvalue weighted by atomic mass is 10.3. The first kappa shape index (κ1) is 13.9. The van der Waals surface area contributed by atoms with E-state index < -0.39 is 12.0 Å². The molecule has 0 aliphatic carbocycles. The highest BCUT2D eigenvalue weighted by Gasteiger charge is 2.15. The number of hydrogen-bond donors (Lipinski definition) is 3. The number of nitrogen functional groups attached to an aromatic ring is 1. The van der Waals surface area contributed by atoms with Crippen LogP contribution in [0, 0.1) is 0 Å². The van der Waals surface area contributed by atoms with Crippen molar-refractivity contribution in [2.24, 2.45) is 5.84 Å². The van der Waals surface area contributed by atoms with Crippen molar-refractivity contribution >= 4 is 23.8 Å². The van der Waals surface area contributed by atoms with Gasteiger partial charge in [0.15, 0.2) is 0 Å². The van der Waals surface area contributed by atoms with Crippen LogP contribution in [0.5, 0.6) is 0 Å². The molecule has 100 valence electrons. The van der Waals surface area contributed by atoms with Crippen molar-refractivity contribution in [2.45, 2.75) is 13.0 Å². The van der Waals surface area contributed by atoms with Gasteiger partial charge in [-0.3, -0.25) is 5.43 Å². The summed E-state index contributed by atoms with van der Waals surface area (Å²) in [7, 11) is 4.87. The van der Waals surface area contributed by atoms with Crippen LogP contribution in [-0.2, 0) is 9.53 Å². The lowest BCUT2D eigenvalue weighted by Crippen LogP contribution is -2.29. The molecular formula is C9H17N7O2. The standard InChI is InChI=1S/C9H17N7O2/c1-5(6(17)18-4)11-7-12-8(15-10)14-9(13-7)16(2)3/h5H,10H2,1-4H3,(H2,11,12,13,14,15). The Hall–Kier alpha value is -2.16. The number of esters is 1. The van der Waals surface area contributed by atoms with Crippen LogP contribution in [0.25, 0.3) is 0 Å². The molecule has 1 heterocycles. The van der Waals surface area contributed by atoms with Crippen LogP contribution in [0.15, 0.2) is 0 Å². The summed E-state index contributed by atoms with van der Waals surface area (Å²) in [5.74, 6) is 5.70. The maximum atomic E-state index is 11.3. The average Bonchev–Trinajstić information content (AvgIpc) is 2.36. The topological polar surface area (TPSA) is 118 Å². The van der Waals surface area contributed by atoms with Gasteiger partial charge < -0.3 is 15.0 Å². The van der Waals surface area contributed by atoms with Crippen LogP contribution in [0.1, 0.15) is 6.92 Å². The van der Waals surface area contributed by atoms with Gasteiger partial charge in [0.25, 0.3) is 0 Å². The summed E-state index contributed by atoms with van der Waals surface area (Å²) in [6, 6.07) is -0.571. The monoisotopic (exact) mass is 255 g/mol. The number of rotatable bonds is 5. The number of aromatic nitrogens is 3. The largest absolute Gasteiger partial charge is 0.467 e. The molecule has 0 aliphatic heterocycles. The van der Waals surface area contributed by atoms with Crippen LogP contribution in [0.3, 0.4) is 0 Å². The number of methoxy groups -OCH3 is 1. The highest BCUT2D eigenvalue weighted by molar-refractivity contribution is 5.78. The zero-order chi connectivity index (χ0) is 13.7. The molecule has 9 heteroatoms. The number of ether oxygens (including phenoxy) is 1. The maximum Gasteiger partial charge on any atom is 0.328 e. The maximum absolute atomic E-state index is 11.3. The molecule has 1 atom stereocenters. The third kappa shape index (κ3) is 3.42. The second-order valence-corrected chi connectivity index (χ2v) is 3.71. The highest BCUT2D eigenvalue weighted by atomic mass is 16.5. The molecule has 0 aromatic carbocycles. The third-order valence-corrected chi connectivity index (χ3v) is 2.05. The Kier molecular flexibility index (Phi) is 4.60. The van der Waals surface area contributed by atoms with Crippen LogP contribution in [0.2, 0.25) is 0 Å². The molecule has 1 unspecified atom stereocenters. The number of carbonyl (C=O) groups excluding carboxylic acids is 1. The zero-order valence-electron chi connectivity index (χ0n) is 10.8. The third-order valence-electron chi connectivity index (χ3n) is 2.05. The number of nitrogens with one attached hydrogen (secondary N) is 2.